The van der Waals surface area contributed by atoms with Gasteiger partial charge in [-0.3, -0.25) is 0 Å². The van der Waals surface area contributed by atoms with Crippen LogP contribution in [-0.4, -0.2) is 20.9 Å². The molecule has 0 saturated carbocycles. The van der Waals surface area contributed by atoms with E-state index in [-0.39, 0.29) is 0 Å². The molecule has 0 radical (unpaired) electrons. The maximum Gasteiger partial charge on any atom is 0.199 e. The second-order valence-electron chi connectivity index (χ2n) is 6.56. The van der Waals surface area contributed by atoms with E-state index in [9.17, 15) is 8.78 Å². The molecular weight excluding hydrogens is 330 g/mol. The van der Waals surface area contributed by atoms with Crippen LogP contribution < -0.4 is 4.90 Å². The first-order valence-corrected chi connectivity index (χ1v) is 8.94. The van der Waals surface area contributed by atoms with Gasteiger partial charge in [-0.15, -0.1) is 0 Å². The lowest BCUT2D eigenvalue weighted by molar-refractivity contribution is 0.510. The predicted molar refractivity (Wildman–Crippen MR) is 90.6 cm³/mol. The molecule has 24 heavy (non-hydrogen) atoms. The Labute approximate surface area is 144 Å². The first kappa shape index (κ1) is 15.7. The van der Waals surface area contributed by atoms with Crippen LogP contribution in [0.1, 0.15) is 37.1 Å². The van der Waals surface area contributed by atoms with Crippen LogP contribution in [0.25, 0.3) is 0 Å². The largest absolute Gasteiger partial charge is 0.349 e. The number of nitrogens with zero attached hydrogens (tertiary/aromatic N) is 4. The van der Waals surface area contributed by atoms with Crippen molar-refractivity contribution in [2.45, 2.75) is 51.7 Å². The summed E-state index contributed by atoms with van der Waals surface area (Å²) in [7, 11) is 0. The summed E-state index contributed by atoms with van der Waals surface area (Å²) in [5, 5.41) is 4.66. The Balaban J connectivity index is 1.67. The molecule has 0 N–H and O–H groups in total. The zero-order chi connectivity index (χ0) is 16.7. The lowest BCUT2D eigenvalue weighted by atomic mass is 10.0. The number of anilines is 1. The highest BCUT2D eigenvalue weighted by Gasteiger charge is 2.23. The number of aryl methyl sites for hydroxylation is 2. The third-order valence-corrected chi connectivity index (χ3v) is 5.31. The zero-order valence-electron chi connectivity index (χ0n) is 13.5. The van der Waals surface area contributed by atoms with E-state index in [1.54, 1.807) is 4.68 Å². The third kappa shape index (κ3) is 2.75. The van der Waals surface area contributed by atoms with Crippen LogP contribution in [0.15, 0.2) is 12.1 Å². The van der Waals surface area contributed by atoms with E-state index in [2.05, 4.69) is 9.67 Å². The summed E-state index contributed by atoms with van der Waals surface area (Å²) in [5.41, 5.74) is 1.22. The Morgan fingerprint density at radius 2 is 1.92 bits per heavy atom. The van der Waals surface area contributed by atoms with Crippen LogP contribution in [0, 0.1) is 16.4 Å². The van der Waals surface area contributed by atoms with E-state index in [4.69, 9.17) is 12.2 Å². The van der Waals surface area contributed by atoms with Crippen molar-refractivity contribution < 1.29 is 8.78 Å². The molecule has 0 aliphatic carbocycles. The summed E-state index contributed by atoms with van der Waals surface area (Å²) in [6.07, 6.45) is 5.96. The first-order chi connectivity index (χ1) is 11.6. The number of fused-ring (bicyclic) bond motifs is 2. The Hall–Kier alpha value is -1.76. The molecule has 2 aliphatic heterocycles. The van der Waals surface area contributed by atoms with Gasteiger partial charge in [0.25, 0.3) is 0 Å². The van der Waals surface area contributed by atoms with Crippen LogP contribution in [0.4, 0.5) is 14.5 Å². The minimum atomic E-state index is -0.515. The number of benzene rings is 1. The number of halogens is 2. The van der Waals surface area contributed by atoms with Crippen LogP contribution in [0.3, 0.4) is 0 Å². The molecule has 0 atom stereocenters. The molecule has 3 heterocycles. The van der Waals surface area contributed by atoms with Crippen molar-refractivity contribution >= 4 is 17.9 Å². The van der Waals surface area contributed by atoms with Crippen molar-refractivity contribution in [2.75, 3.05) is 11.4 Å². The minimum absolute atomic E-state index is 0.411. The maximum atomic E-state index is 14.3. The van der Waals surface area contributed by atoms with Gasteiger partial charge in [0.1, 0.15) is 24.1 Å². The fraction of sp³-hybridized carbons (Fsp3) is 0.529. The highest BCUT2D eigenvalue weighted by Crippen LogP contribution is 2.31. The molecule has 128 valence electrons. The van der Waals surface area contributed by atoms with Gasteiger partial charge in [-0.1, -0.05) is 6.42 Å². The van der Waals surface area contributed by atoms with Gasteiger partial charge in [0.05, 0.1) is 5.69 Å². The highest BCUT2D eigenvalue weighted by atomic mass is 32.1. The van der Waals surface area contributed by atoms with Gasteiger partial charge in [-0.05, 0) is 49.5 Å². The minimum Gasteiger partial charge on any atom is -0.349 e. The molecule has 0 unspecified atom stereocenters. The quantitative estimate of drug-likeness (QED) is 0.770. The van der Waals surface area contributed by atoms with Crippen molar-refractivity contribution in [1.82, 2.24) is 14.3 Å². The van der Waals surface area contributed by atoms with Crippen LogP contribution in [0.5, 0.6) is 0 Å². The molecule has 7 heteroatoms. The van der Waals surface area contributed by atoms with Crippen LogP contribution in [-0.2, 0) is 26.1 Å². The number of hydrogen-bond acceptors (Lipinski definition) is 3. The van der Waals surface area contributed by atoms with Gasteiger partial charge in [0, 0.05) is 25.6 Å². The van der Waals surface area contributed by atoms with E-state index < -0.39 is 11.6 Å². The van der Waals surface area contributed by atoms with Gasteiger partial charge < -0.3 is 9.47 Å². The molecule has 1 aromatic carbocycles. The lowest BCUT2D eigenvalue weighted by Crippen LogP contribution is -2.33. The average Bonchev–Trinajstić information content (AvgIpc) is 2.72. The molecule has 2 aromatic rings. The fourth-order valence-corrected chi connectivity index (χ4v) is 4.05. The van der Waals surface area contributed by atoms with Gasteiger partial charge in [-0.2, -0.15) is 5.10 Å². The van der Waals surface area contributed by atoms with Crippen LogP contribution >= 0.6 is 12.2 Å². The SMILES string of the molecule is Fc1cc(F)c2c(c1)CCCN2Cn1nc2n(c1=S)CCCCC2. The Kier molecular flexibility index (Phi) is 4.12. The van der Waals surface area contributed by atoms with Crippen molar-refractivity contribution in [3.05, 3.63) is 39.9 Å². The second-order valence-corrected chi connectivity index (χ2v) is 6.93. The summed E-state index contributed by atoms with van der Waals surface area (Å²) < 4.78 is 32.4. The first-order valence-electron chi connectivity index (χ1n) is 8.53. The Morgan fingerprint density at radius 3 is 2.79 bits per heavy atom. The molecule has 1 aromatic heterocycles. The summed E-state index contributed by atoms with van der Waals surface area (Å²) in [5.74, 6) is 0.00437. The highest BCUT2D eigenvalue weighted by molar-refractivity contribution is 7.71. The van der Waals surface area contributed by atoms with E-state index >= 15 is 0 Å². The summed E-state index contributed by atoms with van der Waals surface area (Å²) in [6, 6.07) is 2.39. The van der Waals surface area contributed by atoms with Gasteiger partial charge >= 0.3 is 0 Å². The molecular formula is C17H20F2N4S. The van der Waals surface area contributed by atoms with E-state index in [1.165, 1.54) is 12.5 Å². The predicted octanol–water partition coefficient (Wildman–Crippen LogP) is 3.83. The molecule has 0 fully saturated rings. The molecule has 0 bridgehead atoms. The maximum absolute atomic E-state index is 14.3. The van der Waals surface area contributed by atoms with Gasteiger partial charge in [-0.25, -0.2) is 13.5 Å². The Bertz CT molecular complexity index is 827. The molecule has 4 rings (SSSR count). The summed E-state index contributed by atoms with van der Waals surface area (Å²) in [6.45, 7) is 2.04. The molecule has 0 spiro atoms. The number of hydrogen-bond donors (Lipinski definition) is 0. The van der Waals surface area contributed by atoms with Crippen LogP contribution in [0.2, 0.25) is 0 Å². The van der Waals surface area contributed by atoms with E-state index in [0.717, 1.165) is 56.2 Å². The van der Waals surface area contributed by atoms with Crippen molar-refractivity contribution in [3.63, 3.8) is 0 Å². The van der Waals surface area contributed by atoms with Gasteiger partial charge in [0.2, 0.25) is 0 Å². The number of rotatable bonds is 2. The molecule has 0 amide bonds. The zero-order valence-corrected chi connectivity index (χ0v) is 14.3. The third-order valence-electron chi connectivity index (χ3n) is 4.88. The van der Waals surface area contributed by atoms with E-state index in [1.807, 2.05) is 4.90 Å². The Morgan fingerprint density at radius 1 is 1.04 bits per heavy atom. The summed E-state index contributed by atoms with van der Waals surface area (Å²) in [4.78, 5) is 1.93. The smallest absolute Gasteiger partial charge is 0.199 e. The average molecular weight is 350 g/mol. The fourth-order valence-electron chi connectivity index (χ4n) is 3.76. The standard InChI is InChI=1S/C17H20F2N4S/c18-13-9-12-5-4-7-21(16(12)14(19)10-13)11-23-17(24)22-8-3-1-2-6-15(22)20-23/h9-10H,1-8,11H2. The molecule has 2 aliphatic rings. The second kappa shape index (κ2) is 6.27. The molecule has 4 nitrogen and oxygen atoms in total. The van der Waals surface area contributed by atoms with Crippen molar-refractivity contribution in [2.24, 2.45) is 0 Å². The molecule has 0 saturated heterocycles. The topological polar surface area (TPSA) is 26.0 Å². The van der Waals surface area contributed by atoms with Crippen molar-refractivity contribution in [3.8, 4) is 0 Å². The number of aromatic nitrogens is 3. The summed E-state index contributed by atoms with van der Waals surface area (Å²) >= 11 is 5.58. The van der Waals surface area contributed by atoms with E-state index in [0.29, 0.717) is 23.5 Å². The van der Waals surface area contributed by atoms with Crippen molar-refractivity contribution in [1.29, 1.82) is 0 Å². The lowest BCUT2D eigenvalue weighted by Gasteiger charge is -2.31. The van der Waals surface area contributed by atoms with Gasteiger partial charge in [0.15, 0.2) is 4.77 Å². The normalized spacial score (nSPS) is 17.3. The monoisotopic (exact) mass is 350 g/mol.